The van der Waals surface area contributed by atoms with Gasteiger partial charge < -0.3 is 9.88 Å². The molecule has 0 spiro atoms. The zero-order chi connectivity index (χ0) is 25.2. The fraction of sp³-hybridized carbons (Fsp3) is 0.522. The number of nitrogens with one attached hydrogen (secondary N) is 3. The lowest BCUT2D eigenvalue weighted by molar-refractivity contribution is -0.128. The first-order valence-corrected chi connectivity index (χ1v) is 13.7. The first-order valence-electron chi connectivity index (χ1n) is 11.7. The maximum absolute atomic E-state index is 14.5. The Morgan fingerprint density at radius 2 is 1.94 bits per heavy atom. The van der Waals surface area contributed by atoms with E-state index in [2.05, 4.69) is 20.6 Å². The fourth-order valence-electron chi connectivity index (χ4n) is 4.57. The molecule has 2 amide bonds. The van der Waals surface area contributed by atoms with Gasteiger partial charge in [0.25, 0.3) is 5.91 Å². The van der Waals surface area contributed by atoms with Crippen LogP contribution in [-0.2, 0) is 21.9 Å². The molecule has 9 nitrogen and oxygen atoms in total. The lowest BCUT2D eigenvalue weighted by Crippen LogP contribution is -2.46. The van der Waals surface area contributed by atoms with Gasteiger partial charge in [0.15, 0.2) is 5.82 Å². The van der Waals surface area contributed by atoms with Crippen LogP contribution in [0.4, 0.5) is 4.39 Å². The number of amides is 2. The maximum atomic E-state index is 14.5. The van der Waals surface area contributed by atoms with Gasteiger partial charge in [0.05, 0.1) is 28.4 Å². The molecular weight excluding hydrogens is 497 g/mol. The summed E-state index contributed by atoms with van der Waals surface area (Å²) < 4.78 is 41.5. The molecule has 4 rings (SSSR count). The number of carbonyl (C=O) groups excluding carboxylic acids is 2. The van der Waals surface area contributed by atoms with Crippen molar-refractivity contribution in [2.75, 3.05) is 5.75 Å². The van der Waals surface area contributed by atoms with E-state index in [4.69, 9.17) is 11.6 Å². The predicted molar refractivity (Wildman–Crippen MR) is 129 cm³/mol. The van der Waals surface area contributed by atoms with Crippen molar-refractivity contribution in [3.05, 3.63) is 41.1 Å². The first kappa shape index (κ1) is 25.6. The summed E-state index contributed by atoms with van der Waals surface area (Å²) in [7, 11) is -2.13. The van der Waals surface area contributed by atoms with Crippen LogP contribution >= 0.6 is 11.6 Å². The van der Waals surface area contributed by atoms with Crippen molar-refractivity contribution in [2.45, 2.75) is 51.0 Å². The molecule has 12 heteroatoms. The van der Waals surface area contributed by atoms with Crippen LogP contribution in [0.1, 0.15) is 55.3 Å². The van der Waals surface area contributed by atoms with Gasteiger partial charge in [0, 0.05) is 30.8 Å². The van der Waals surface area contributed by atoms with Crippen molar-refractivity contribution >= 4 is 33.4 Å². The highest BCUT2D eigenvalue weighted by molar-refractivity contribution is 7.89. The molecule has 1 aromatic heterocycles. The molecule has 1 heterocycles. The number of sulfonamides is 1. The lowest BCUT2D eigenvalue weighted by Gasteiger charge is -2.32. The second kappa shape index (κ2) is 10.6. The summed E-state index contributed by atoms with van der Waals surface area (Å²) in [6.07, 6.45) is 9.04. The Kier molecular flexibility index (Phi) is 7.77. The molecule has 0 radical (unpaired) electrons. The quantitative estimate of drug-likeness (QED) is 0.457. The SMILES string of the molecule is Cn1cnc(-c2cc(Cl)c(F)c(C(=O)NNS(=O)(=O)CC3CCCC(NC(=O)C4CCC4)C3)c2)c1. The Labute approximate surface area is 208 Å². The summed E-state index contributed by atoms with van der Waals surface area (Å²) >= 11 is 5.96. The molecular formula is C23H29ClFN5O4S. The molecule has 0 bridgehead atoms. The zero-order valence-corrected chi connectivity index (χ0v) is 21.0. The summed E-state index contributed by atoms with van der Waals surface area (Å²) in [6.45, 7) is 0. The molecule has 190 valence electrons. The van der Waals surface area contributed by atoms with Crippen molar-refractivity contribution in [2.24, 2.45) is 18.9 Å². The van der Waals surface area contributed by atoms with Gasteiger partial charge in [0.1, 0.15) is 0 Å². The minimum absolute atomic E-state index is 0.0442. The van der Waals surface area contributed by atoms with Crippen LogP contribution in [0.3, 0.4) is 0 Å². The topological polar surface area (TPSA) is 122 Å². The van der Waals surface area contributed by atoms with E-state index in [9.17, 15) is 22.4 Å². The Morgan fingerprint density at radius 3 is 2.60 bits per heavy atom. The number of nitrogens with zero attached hydrogens (tertiary/aromatic N) is 2. The molecule has 0 aliphatic heterocycles. The third-order valence-corrected chi connectivity index (χ3v) is 8.25. The summed E-state index contributed by atoms with van der Waals surface area (Å²) in [6, 6.07) is 2.57. The molecule has 2 aliphatic carbocycles. The number of aromatic nitrogens is 2. The van der Waals surface area contributed by atoms with Crippen molar-refractivity contribution in [3.63, 3.8) is 0 Å². The Morgan fingerprint density at radius 1 is 1.20 bits per heavy atom. The average Bonchev–Trinajstić information content (AvgIpc) is 3.19. The summed E-state index contributed by atoms with van der Waals surface area (Å²) in [4.78, 5) is 31.1. The molecule has 0 saturated heterocycles. The smallest absolute Gasteiger partial charge is 0.269 e. The maximum Gasteiger partial charge on any atom is 0.269 e. The number of rotatable bonds is 8. The highest BCUT2D eigenvalue weighted by Gasteiger charge is 2.31. The highest BCUT2D eigenvalue weighted by atomic mass is 35.5. The van der Waals surface area contributed by atoms with E-state index in [1.807, 2.05) is 0 Å². The number of imidazole rings is 1. The van der Waals surface area contributed by atoms with Crippen LogP contribution in [0.15, 0.2) is 24.7 Å². The number of aryl methyl sites for hydroxylation is 1. The second-order valence-electron chi connectivity index (χ2n) is 9.45. The minimum Gasteiger partial charge on any atom is -0.353 e. The van der Waals surface area contributed by atoms with Gasteiger partial charge in [-0.25, -0.2) is 17.8 Å². The molecule has 2 atom stereocenters. The van der Waals surface area contributed by atoms with Gasteiger partial charge >= 0.3 is 0 Å². The third kappa shape index (κ3) is 6.39. The van der Waals surface area contributed by atoms with E-state index in [1.54, 1.807) is 24.1 Å². The predicted octanol–water partition coefficient (Wildman–Crippen LogP) is 2.92. The van der Waals surface area contributed by atoms with Crippen LogP contribution in [0.25, 0.3) is 11.3 Å². The average molecular weight is 526 g/mol. The van der Waals surface area contributed by atoms with E-state index < -0.39 is 27.3 Å². The standard InChI is InChI=1S/C23H29ClFN5O4S/c1-30-11-20(26-13-30)16-9-18(21(25)19(24)10-16)23(32)28-29-35(33,34)12-14-4-2-7-17(8-14)27-22(31)15-5-3-6-15/h9-11,13-15,17,29H,2-8,12H2,1H3,(H,27,31)(H,28,32). The zero-order valence-electron chi connectivity index (χ0n) is 19.4. The minimum atomic E-state index is -3.89. The third-order valence-electron chi connectivity index (χ3n) is 6.65. The fourth-order valence-corrected chi connectivity index (χ4v) is 6.04. The van der Waals surface area contributed by atoms with E-state index in [0.29, 0.717) is 24.1 Å². The van der Waals surface area contributed by atoms with Crippen LogP contribution < -0.4 is 15.6 Å². The number of hydrogen-bond donors (Lipinski definition) is 3. The van der Waals surface area contributed by atoms with Crippen molar-refractivity contribution in [3.8, 4) is 11.3 Å². The highest BCUT2D eigenvalue weighted by Crippen LogP contribution is 2.30. The molecule has 2 saturated carbocycles. The van der Waals surface area contributed by atoms with Gasteiger partial charge in [-0.05, 0) is 50.2 Å². The van der Waals surface area contributed by atoms with Gasteiger partial charge in [0.2, 0.25) is 15.9 Å². The number of carbonyl (C=O) groups is 2. The second-order valence-corrected chi connectivity index (χ2v) is 11.6. The van der Waals surface area contributed by atoms with Gasteiger partial charge in [-0.2, -0.15) is 0 Å². The number of benzene rings is 1. The van der Waals surface area contributed by atoms with Gasteiger partial charge in [-0.15, -0.1) is 4.83 Å². The van der Waals surface area contributed by atoms with Crippen LogP contribution in [0, 0.1) is 17.7 Å². The largest absolute Gasteiger partial charge is 0.353 e. The van der Waals surface area contributed by atoms with Crippen molar-refractivity contribution in [1.29, 1.82) is 0 Å². The Bertz CT molecular complexity index is 1210. The molecule has 35 heavy (non-hydrogen) atoms. The number of hydrogen-bond acceptors (Lipinski definition) is 5. The van der Waals surface area contributed by atoms with E-state index >= 15 is 0 Å². The summed E-state index contributed by atoms with van der Waals surface area (Å²) in [5.74, 6) is -2.16. The molecule has 3 N–H and O–H groups in total. The molecule has 2 aliphatic rings. The van der Waals surface area contributed by atoms with Crippen LogP contribution in [-0.4, -0.2) is 41.6 Å². The van der Waals surface area contributed by atoms with Gasteiger partial charge in [-0.3, -0.25) is 15.0 Å². The first-order chi connectivity index (χ1) is 16.6. The molecule has 1 aromatic carbocycles. The lowest BCUT2D eigenvalue weighted by atomic mass is 9.83. The summed E-state index contributed by atoms with van der Waals surface area (Å²) in [5.41, 5.74) is 2.58. The number of hydrazine groups is 1. The van der Waals surface area contributed by atoms with Gasteiger partial charge in [-0.1, -0.05) is 24.4 Å². The summed E-state index contributed by atoms with van der Waals surface area (Å²) in [5, 5.41) is 2.78. The van der Waals surface area contributed by atoms with Crippen molar-refractivity contribution < 1.29 is 22.4 Å². The molecule has 2 aromatic rings. The Balaban J connectivity index is 1.35. The van der Waals surface area contributed by atoms with Crippen molar-refractivity contribution in [1.82, 2.24) is 25.1 Å². The van der Waals surface area contributed by atoms with Crippen LogP contribution in [0.2, 0.25) is 5.02 Å². The van der Waals surface area contributed by atoms with E-state index in [-0.39, 0.29) is 34.6 Å². The Hall–Kier alpha value is -2.50. The normalized spacial score (nSPS) is 20.8. The van der Waals surface area contributed by atoms with Crippen LogP contribution in [0.5, 0.6) is 0 Å². The molecule has 2 unspecified atom stereocenters. The monoisotopic (exact) mass is 525 g/mol. The van der Waals surface area contributed by atoms with E-state index in [0.717, 1.165) is 32.1 Å². The van der Waals surface area contributed by atoms with E-state index in [1.165, 1.54) is 12.1 Å². The number of halogens is 2. The molecule has 2 fully saturated rings.